The molecule has 0 radical (unpaired) electrons. The van der Waals surface area contributed by atoms with E-state index in [4.69, 9.17) is 21.1 Å². The summed E-state index contributed by atoms with van der Waals surface area (Å²) in [5.41, 5.74) is 11.1. The molecule has 2 aliphatic carbocycles. The van der Waals surface area contributed by atoms with Gasteiger partial charge in [-0.15, -0.1) is 0 Å². The third kappa shape index (κ3) is 3.95. The summed E-state index contributed by atoms with van der Waals surface area (Å²) in [6.07, 6.45) is 8.37. The Kier molecular flexibility index (Phi) is 5.37. The van der Waals surface area contributed by atoms with Gasteiger partial charge in [-0.25, -0.2) is 14.4 Å². The number of anilines is 1. The molecule has 188 valence electrons. The zero-order chi connectivity index (χ0) is 25.1. The summed E-state index contributed by atoms with van der Waals surface area (Å²) in [6.45, 7) is 4.16. The number of aromatic nitrogens is 4. The number of hydrogen-bond donors (Lipinski definition) is 3. The van der Waals surface area contributed by atoms with E-state index in [2.05, 4.69) is 15.3 Å². The van der Waals surface area contributed by atoms with E-state index in [0.29, 0.717) is 23.5 Å². The predicted octanol–water partition coefficient (Wildman–Crippen LogP) is 3.92. The normalized spacial score (nSPS) is 25.7. The predicted molar refractivity (Wildman–Crippen MR) is 139 cm³/mol. The number of nitrogens with two attached hydrogens (primary N) is 1. The zero-order valence-electron chi connectivity index (χ0n) is 20.9. The Balaban J connectivity index is 1.31. The number of hydrogen-bond acceptors (Lipinski definition) is 7. The van der Waals surface area contributed by atoms with Crippen LogP contribution < -0.4 is 16.0 Å². The van der Waals surface area contributed by atoms with E-state index >= 15 is 0 Å². The third-order valence-electron chi connectivity index (χ3n) is 8.48. The lowest BCUT2D eigenvalue weighted by Gasteiger charge is -2.34. The van der Waals surface area contributed by atoms with Gasteiger partial charge in [-0.05, 0) is 68.7 Å². The number of rotatable bonds is 6. The summed E-state index contributed by atoms with van der Waals surface area (Å²) >= 11 is 0. The summed E-state index contributed by atoms with van der Waals surface area (Å²) in [7, 11) is 1.86. The van der Waals surface area contributed by atoms with Crippen molar-refractivity contribution in [3.63, 3.8) is 0 Å². The zero-order valence-corrected chi connectivity index (χ0v) is 20.9. The minimum atomic E-state index is -0.292. The first kappa shape index (κ1) is 23.1. The average Bonchev–Trinajstić information content (AvgIpc) is 3.53. The van der Waals surface area contributed by atoms with Crippen molar-refractivity contribution < 1.29 is 4.39 Å². The number of benzene rings is 1. The van der Waals surface area contributed by atoms with Gasteiger partial charge in [0.05, 0.1) is 11.6 Å². The average molecular weight is 489 g/mol. The molecule has 1 aliphatic heterocycles. The molecule has 1 aromatic carbocycles. The van der Waals surface area contributed by atoms with Crippen LogP contribution >= 0.6 is 0 Å². The van der Waals surface area contributed by atoms with Crippen LogP contribution in [0.25, 0.3) is 22.4 Å². The van der Waals surface area contributed by atoms with Crippen LogP contribution in [0.2, 0.25) is 0 Å². The Morgan fingerprint density at radius 3 is 2.58 bits per heavy atom. The molecule has 0 spiro atoms. The molecule has 9 heteroatoms. The lowest BCUT2D eigenvalue weighted by Crippen LogP contribution is -2.40. The van der Waals surface area contributed by atoms with Gasteiger partial charge in [0.15, 0.2) is 11.5 Å². The standard InChI is InChI=1S/C27H33FN8/c1-17(29)21-14-36(12-7-22(21)31-16-26-8-10-27(30,15-26)11-9-26)25-20-13-32-35(2)24(20)33-23(34-25)18-3-5-19(28)6-4-18/h3-6,13,29,31H,7-12,14-16,30H2,1-2H3. The number of fused-ring (bicyclic) bond motifs is 3. The van der Waals surface area contributed by atoms with E-state index in [-0.39, 0.29) is 11.4 Å². The molecule has 0 saturated heterocycles. The molecule has 36 heavy (non-hydrogen) atoms. The van der Waals surface area contributed by atoms with Gasteiger partial charge in [-0.2, -0.15) is 5.10 Å². The maximum Gasteiger partial charge on any atom is 0.163 e. The summed E-state index contributed by atoms with van der Waals surface area (Å²) in [6, 6.07) is 6.24. The molecule has 8 nitrogen and oxygen atoms in total. The highest BCUT2D eigenvalue weighted by Crippen LogP contribution is 2.55. The minimum absolute atomic E-state index is 0.0457. The first-order valence-corrected chi connectivity index (χ1v) is 12.8. The second kappa shape index (κ2) is 8.37. The van der Waals surface area contributed by atoms with Gasteiger partial charge in [0.1, 0.15) is 11.6 Å². The molecule has 0 atom stereocenters. The largest absolute Gasteiger partial charge is 0.387 e. The van der Waals surface area contributed by atoms with Crippen molar-refractivity contribution in [3.8, 4) is 11.4 Å². The van der Waals surface area contributed by atoms with E-state index < -0.39 is 0 Å². The topological polar surface area (TPSA) is 109 Å². The molecular formula is C27H33FN8. The van der Waals surface area contributed by atoms with E-state index in [9.17, 15) is 4.39 Å². The van der Waals surface area contributed by atoms with Crippen LogP contribution in [0.3, 0.4) is 0 Å². The summed E-state index contributed by atoms with van der Waals surface area (Å²) in [4.78, 5) is 11.9. The summed E-state index contributed by atoms with van der Waals surface area (Å²) in [5.74, 6) is 1.04. The Hall–Kier alpha value is -3.33. The molecule has 0 unspecified atom stereocenters. The van der Waals surface area contributed by atoms with Crippen molar-refractivity contribution in [2.75, 3.05) is 24.5 Å². The van der Waals surface area contributed by atoms with Crippen LogP contribution in [0.15, 0.2) is 41.7 Å². The third-order valence-corrected chi connectivity index (χ3v) is 8.48. The van der Waals surface area contributed by atoms with Gasteiger partial charge < -0.3 is 21.4 Å². The lowest BCUT2D eigenvalue weighted by molar-refractivity contribution is 0.285. The summed E-state index contributed by atoms with van der Waals surface area (Å²) < 4.78 is 15.3. The smallest absolute Gasteiger partial charge is 0.163 e. The first-order chi connectivity index (χ1) is 17.2. The number of aryl methyl sites for hydroxylation is 1. The van der Waals surface area contributed by atoms with E-state index in [0.717, 1.165) is 66.8 Å². The van der Waals surface area contributed by atoms with E-state index in [1.54, 1.807) is 23.0 Å². The SMILES string of the molecule is CC(=N)C1=C(NCC23CCC(N)(CC2)C3)CCN(c2nc(-c3ccc(F)cc3)nc3c2cnn3C)C1. The van der Waals surface area contributed by atoms with Crippen LogP contribution in [0, 0.1) is 16.6 Å². The molecule has 3 aromatic rings. The van der Waals surface area contributed by atoms with Crippen LogP contribution in [0.4, 0.5) is 10.2 Å². The molecular weight excluding hydrogens is 455 g/mol. The number of halogens is 1. The number of nitrogens with zero attached hydrogens (tertiary/aromatic N) is 5. The molecule has 2 saturated carbocycles. The summed E-state index contributed by atoms with van der Waals surface area (Å²) in [5, 5.41) is 17.6. The van der Waals surface area contributed by atoms with Crippen LogP contribution in [0.1, 0.15) is 45.4 Å². The fourth-order valence-corrected chi connectivity index (χ4v) is 6.37. The van der Waals surface area contributed by atoms with Crippen molar-refractivity contribution in [1.82, 2.24) is 25.1 Å². The van der Waals surface area contributed by atoms with Gasteiger partial charge in [0.2, 0.25) is 0 Å². The molecule has 3 aliphatic rings. The maximum absolute atomic E-state index is 13.5. The maximum atomic E-state index is 13.5. The van der Waals surface area contributed by atoms with Crippen molar-refractivity contribution in [1.29, 1.82) is 5.41 Å². The minimum Gasteiger partial charge on any atom is -0.387 e. The van der Waals surface area contributed by atoms with E-state index in [1.807, 2.05) is 14.0 Å². The van der Waals surface area contributed by atoms with Gasteiger partial charge >= 0.3 is 0 Å². The molecule has 3 heterocycles. The Morgan fingerprint density at radius 2 is 1.92 bits per heavy atom. The molecule has 6 rings (SSSR count). The molecule has 2 aromatic heterocycles. The monoisotopic (exact) mass is 488 g/mol. The fourth-order valence-electron chi connectivity index (χ4n) is 6.37. The highest BCUT2D eigenvalue weighted by Gasteiger charge is 2.52. The second-order valence-electron chi connectivity index (χ2n) is 11.0. The fraction of sp³-hybridized carbons (Fsp3) is 0.481. The lowest BCUT2D eigenvalue weighted by atomic mass is 9.83. The second-order valence-corrected chi connectivity index (χ2v) is 11.0. The van der Waals surface area contributed by atoms with Gasteiger partial charge in [0, 0.05) is 61.2 Å². The van der Waals surface area contributed by atoms with Crippen molar-refractivity contribution >= 4 is 22.6 Å². The van der Waals surface area contributed by atoms with Crippen LogP contribution in [-0.2, 0) is 7.05 Å². The molecule has 2 bridgehead atoms. The Labute approximate surface area is 210 Å². The van der Waals surface area contributed by atoms with Crippen LogP contribution in [-0.4, -0.2) is 50.6 Å². The van der Waals surface area contributed by atoms with Crippen molar-refractivity contribution in [2.24, 2.45) is 18.2 Å². The van der Waals surface area contributed by atoms with Gasteiger partial charge in [-0.3, -0.25) is 4.68 Å². The number of nitrogens with one attached hydrogen (secondary N) is 2. The highest BCUT2D eigenvalue weighted by molar-refractivity contribution is 5.98. The van der Waals surface area contributed by atoms with Gasteiger partial charge in [-0.1, -0.05) is 0 Å². The van der Waals surface area contributed by atoms with E-state index in [1.165, 1.54) is 30.7 Å². The molecule has 0 amide bonds. The Morgan fingerprint density at radius 1 is 1.17 bits per heavy atom. The Bertz CT molecular complexity index is 1360. The first-order valence-electron chi connectivity index (χ1n) is 12.8. The van der Waals surface area contributed by atoms with Crippen molar-refractivity contribution in [2.45, 2.75) is 51.0 Å². The van der Waals surface area contributed by atoms with Crippen molar-refractivity contribution in [3.05, 3.63) is 47.5 Å². The molecule has 2 fully saturated rings. The highest BCUT2D eigenvalue weighted by atomic mass is 19.1. The quantitative estimate of drug-likeness (QED) is 0.454. The van der Waals surface area contributed by atoms with Crippen LogP contribution in [0.5, 0.6) is 0 Å². The molecule has 4 N–H and O–H groups in total. The van der Waals surface area contributed by atoms with Gasteiger partial charge in [0.25, 0.3) is 0 Å².